The summed E-state index contributed by atoms with van der Waals surface area (Å²) in [5, 5.41) is 8.44. The molecule has 6 heteroatoms. The fourth-order valence-corrected chi connectivity index (χ4v) is 0.937. The summed E-state index contributed by atoms with van der Waals surface area (Å²) in [6, 6.07) is 1.24. The maximum absolute atomic E-state index is 11.2. The van der Waals surface area contributed by atoms with Crippen LogP contribution < -0.4 is 11.3 Å². The first kappa shape index (κ1) is 9.24. The van der Waals surface area contributed by atoms with E-state index in [-0.39, 0.29) is 5.95 Å². The molecule has 0 aromatic carbocycles. The number of hydrogen-bond acceptors (Lipinski definition) is 4. The summed E-state index contributed by atoms with van der Waals surface area (Å²) in [7, 11) is 0. The van der Waals surface area contributed by atoms with Crippen molar-refractivity contribution in [1.82, 2.24) is 9.55 Å². The van der Waals surface area contributed by atoms with Gasteiger partial charge in [0, 0.05) is 11.8 Å². The molecule has 0 bridgehead atoms. The zero-order chi connectivity index (χ0) is 10.0. The standard InChI is InChI=1S/C7H9N3O3/c1-4-2-5(11)10(3-6(12)13)7(8)9-4/h2H,3H2,1H3,(H2,8,9)(H,12,13). The third-order valence-electron chi connectivity index (χ3n) is 1.46. The average Bonchev–Trinajstić information content (AvgIpc) is 1.96. The molecule has 0 aliphatic carbocycles. The van der Waals surface area contributed by atoms with E-state index in [2.05, 4.69) is 4.98 Å². The van der Waals surface area contributed by atoms with Crippen molar-refractivity contribution in [2.45, 2.75) is 13.5 Å². The molecule has 0 saturated heterocycles. The molecule has 0 unspecified atom stereocenters. The molecular weight excluding hydrogens is 174 g/mol. The average molecular weight is 183 g/mol. The molecule has 0 amide bonds. The number of hydrogen-bond donors (Lipinski definition) is 2. The van der Waals surface area contributed by atoms with Gasteiger partial charge in [-0.1, -0.05) is 0 Å². The number of nitrogens with two attached hydrogens (primary N) is 1. The van der Waals surface area contributed by atoms with Crippen LogP contribution in [-0.4, -0.2) is 20.6 Å². The molecule has 1 heterocycles. The Balaban J connectivity index is 3.21. The largest absolute Gasteiger partial charge is 0.480 e. The van der Waals surface area contributed by atoms with E-state index in [4.69, 9.17) is 10.8 Å². The predicted octanol–water partition coefficient (Wildman–Crippen LogP) is -0.781. The van der Waals surface area contributed by atoms with E-state index in [0.29, 0.717) is 5.69 Å². The van der Waals surface area contributed by atoms with Crippen LogP contribution >= 0.6 is 0 Å². The molecule has 0 aliphatic heterocycles. The van der Waals surface area contributed by atoms with Gasteiger partial charge in [-0.2, -0.15) is 0 Å². The van der Waals surface area contributed by atoms with Crippen LogP contribution in [0.5, 0.6) is 0 Å². The molecule has 13 heavy (non-hydrogen) atoms. The van der Waals surface area contributed by atoms with Gasteiger partial charge in [0.05, 0.1) is 0 Å². The molecule has 0 spiro atoms. The number of aliphatic carboxylic acids is 1. The van der Waals surface area contributed by atoms with Crippen LogP contribution in [0.2, 0.25) is 0 Å². The zero-order valence-corrected chi connectivity index (χ0v) is 7.02. The first-order chi connectivity index (χ1) is 6.00. The molecule has 1 aromatic heterocycles. The summed E-state index contributed by atoms with van der Waals surface area (Å²) in [5.41, 5.74) is 5.38. The van der Waals surface area contributed by atoms with Crippen molar-refractivity contribution in [3.05, 3.63) is 22.1 Å². The number of aromatic nitrogens is 2. The number of carboxylic acids is 1. The van der Waals surface area contributed by atoms with Crippen LogP contribution in [0, 0.1) is 6.92 Å². The van der Waals surface area contributed by atoms with Gasteiger partial charge in [-0.15, -0.1) is 0 Å². The first-order valence-electron chi connectivity index (χ1n) is 3.56. The quantitative estimate of drug-likeness (QED) is 0.626. The van der Waals surface area contributed by atoms with Gasteiger partial charge < -0.3 is 10.8 Å². The Morgan fingerprint density at radius 2 is 2.38 bits per heavy atom. The first-order valence-corrected chi connectivity index (χ1v) is 3.56. The van der Waals surface area contributed by atoms with Crippen molar-refractivity contribution in [2.24, 2.45) is 0 Å². The maximum Gasteiger partial charge on any atom is 0.323 e. The molecule has 3 N–H and O–H groups in total. The molecule has 0 fully saturated rings. The van der Waals surface area contributed by atoms with E-state index < -0.39 is 18.1 Å². The number of anilines is 1. The summed E-state index contributed by atoms with van der Waals surface area (Å²) >= 11 is 0. The molecule has 70 valence electrons. The van der Waals surface area contributed by atoms with E-state index >= 15 is 0 Å². The maximum atomic E-state index is 11.2. The molecule has 0 radical (unpaired) electrons. The number of aryl methyl sites for hydroxylation is 1. The topological polar surface area (TPSA) is 98.2 Å². The Hall–Kier alpha value is -1.85. The zero-order valence-electron chi connectivity index (χ0n) is 7.02. The number of nitrogens with zero attached hydrogens (tertiary/aromatic N) is 2. The van der Waals surface area contributed by atoms with E-state index in [9.17, 15) is 9.59 Å². The molecule has 0 aliphatic rings. The summed E-state index contributed by atoms with van der Waals surface area (Å²) in [5.74, 6) is -1.20. The lowest BCUT2D eigenvalue weighted by molar-refractivity contribution is -0.137. The van der Waals surface area contributed by atoms with Gasteiger partial charge in [0.1, 0.15) is 6.54 Å². The molecule has 0 saturated carbocycles. The Morgan fingerprint density at radius 1 is 1.77 bits per heavy atom. The van der Waals surface area contributed by atoms with Crippen LogP contribution in [0.15, 0.2) is 10.9 Å². The lowest BCUT2D eigenvalue weighted by atomic mass is 10.4. The van der Waals surface area contributed by atoms with Crippen molar-refractivity contribution >= 4 is 11.9 Å². The normalized spacial score (nSPS) is 9.92. The van der Waals surface area contributed by atoms with Gasteiger partial charge in [0.15, 0.2) is 0 Å². The second-order valence-corrected chi connectivity index (χ2v) is 2.57. The Bertz CT molecular complexity index is 396. The highest BCUT2D eigenvalue weighted by molar-refractivity contribution is 5.67. The van der Waals surface area contributed by atoms with Gasteiger partial charge in [0.25, 0.3) is 5.56 Å². The number of nitrogen functional groups attached to an aromatic ring is 1. The van der Waals surface area contributed by atoms with E-state index in [0.717, 1.165) is 4.57 Å². The summed E-state index contributed by atoms with van der Waals surface area (Å²) in [6.45, 7) is 1.15. The molecule has 1 rings (SSSR count). The summed E-state index contributed by atoms with van der Waals surface area (Å²) in [4.78, 5) is 25.3. The van der Waals surface area contributed by atoms with Crippen LogP contribution in [-0.2, 0) is 11.3 Å². The van der Waals surface area contributed by atoms with Crippen molar-refractivity contribution in [3.63, 3.8) is 0 Å². The smallest absolute Gasteiger partial charge is 0.323 e. The van der Waals surface area contributed by atoms with Gasteiger partial charge in [0.2, 0.25) is 5.95 Å². The minimum Gasteiger partial charge on any atom is -0.480 e. The minimum atomic E-state index is -1.13. The van der Waals surface area contributed by atoms with Crippen molar-refractivity contribution in [1.29, 1.82) is 0 Å². The van der Waals surface area contributed by atoms with Gasteiger partial charge in [-0.25, -0.2) is 4.98 Å². The predicted molar refractivity (Wildman–Crippen MR) is 45.3 cm³/mol. The lowest BCUT2D eigenvalue weighted by Gasteiger charge is -2.05. The minimum absolute atomic E-state index is 0.0765. The highest BCUT2D eigenvalue weighted by Crippen LogP contribution is 1.95. The van der Waals surface area contributed by atoms with Crippen molar-refractivity contribution < 1.29 is 9.90 Å². The van der Waals surface area contributed by atoms with E-state index in [1.165, 1.54) is 6.07 Å². The SMILES string of the molecule is Cc1cc(=O)n(CC(=O)O)c(N)n1. The highest BCUT2D eigenvalue weighted by atomic mass is 16.4. The third kappa shape index (κ3) is 2.05. The summed E-state index contributed by atoms with van der Waals surface area (Å²) < 4.78 is 0.898. The highest BCUT2D eigenvalue weighted by Gasteiger charge is 2.06. The Kier molecular flexibility index (Phi) is 2.32. The van der Waals surface area contributed by atoms with Crippen LogP contribution in [0.3, 0.4) is 0 Å². The fraction of sp³-hybridized carbons (Fsp3) is 0.286. The molecule has 6 nitrogen and oxygen atoms in total. The Morgan fingerprint density at radius 3 is 2.85 bits per heavy atom. The van der Waals surface area contributed by atoms with E-state index in [1.54, 1.807) is 6.92 Å². The fourth-order valence-electron chi connectivity index (χ4n) is 0.937. The second kappa shape index (κ2) is 3.26. The molecular formula is C7H9N3O3. The Labute approximate surface area is 73.6 Å². The van der Waals surface area contributed by atoms with Crippen LogP contribution in [0.1, 0.15) is 5.69 Å². The van der Waals surface area contributed by atoms with Crippen molar-refractivity contribution in [2.75, 3.05) is 5.73 Å². The summed E-state index contributed by atoms with van der Waals surface area (Å²) in [6.07, 6.45) is 0. The van der Waals surface area contributed by atoms with Gasteiger partial charge in [-0.05, 0) is 6.92 Å². The van der Waals surface area contributed by atoms with Gasteiger partial charge in [-0.3, -0.25) is 14.2 Å². The van der Waals surface area contributed by atoms with Crippen LogP contribution in [0.25, 0.3) is 0 Å². The lowest BCUT2D eigenvalue weighted by Crippen LogP contribution is -2.27. The van der Waals surface area contributed by atoms with Gasteiger partial charge >= 0.3 is 5.97 Å². The van der Waals surface area contributed by atoms with E-state index in [1.807, 2.05) is 0 Å². The third-order valence-corrected chi connectivity index (χ3v) is 1.46. The molecule has 1 aromatic rings. The number of rotatable bonds is 2. The van der Waals surface area contributed by atoms with Crippen molar-refractivity contribution in [3.8, 4) is 0 Å². The molecule has 0 atom stereocenters. The number of carbonyl (C=O) groups is 1. The van der Waals surface area contributed by atoms with Crippen LogP contribution in [0.4, 0.5) is 5.95 Å². The number of carboxylic acid groups (broad SMARTS) is 1. The monoisotopic (exact) mass is 183 g/mol. The second-order valence-electron chi connectivity index (χ2n) is 2.57.